The highest BCUT2D eigenvalue weighted by Gasteiger charge is 2.00. The Hall–Kier alpha value is -1.23. The third kappa shape index (κ3) is 3.80. The summed E-state index contributed by atoms with van der Waals surface area (Å²) in [7, 11) is 1.37. The summed E-state index contributed by atoms with van der Waals surface area (Å²) in [5.74, 6) is 5.51. The molecule has 0 N–H and O–H groups in total. The normalized spacial score (nSPS) is 15.3. The van der Waals surface area contributed by atoms with Gasteiger partial charge in [-0.15, -0.1) is 0 Å². The Bertz CT molecular complexity index is 266. The van der Waals surface area contributed by atoms with Gasteiger partial charge in [-0.2, -0.15) is 0 Å². The van der Waals surface area contributed by atoms with Crippen molar-refractivity contribution < 1.29 is 9.53 Å². The van der Waals surface area contributed by atoms with E-state index in [9.17, 15) is 4.79 Å². The minimum atomic E-state index is -0.268. The first-order chi connectivity index (χ1) is 6.33. The number of esters is 1. The Kier molecular flexibility index (Phi) is 4.11. The zero-order chi connectivity index (χ0) is 9.52. The lowest BCUT2D eigenvalue weighted by Gasteiger charge is -2.05. The average molecular weight is 177 g/mol. The number of ether oxygens (including phenoxy) is 1. The first kappa shape index (κ1) is 9.85. The van der Waals surface area contributed by atoms with Crippen molar-refractivity contribution in [1.29, 1.82) is 0 Å². The monoisotopic (exact) mass is 177 g/mol. The third-order valence-electron chi connectivity index (χ3n) is 1.86. The number of allylic oxidation sites excluding steroid dienone is 2. The van der Waals surface area contributed by atoms with Gasteiger partial charge in [0.15, 0.2) is 0 Å². The second-order valence-electron chi connectivity index (χ2n) is 2.85. The van der Waals surface area contributed by atoms with E-state index in [1.165, 1.54) is 7.11 Å². The molecule has 69 valence electrons. The molecule has 0 saturated carbocycles. The zero-order valence-corrected chi connectivity index (χ0v) is 7.80. The van der Waals surface area contributed by atoms with E-state index in [2.05, 4.69) is 29.1 Å². The van der Waals surface area contributed by atoms with Gasteiger partial charge in [0.2, 0.25) is 0 Å². The van der Waals surface area contributed by atoms with Crippen molar-refractivity contribution in [2.24, 2.45) is 0 Å². The Morgan fingerprint density at radius 1 is 1.69 bits per heavy atom. The van der Waals surface area contributed by atoms with Crippen molar-refractivity contribution in [3.05, 3.63) is 18.1 Å². The molecule has 1 aliphatic rings. The van der Waals surface area contributed by atoms with E-state index in [4.69, 9.17) is 0 Å². The molecule has 0 aromatic rings. The lowest BCUT2D eigenvalue weighted by atomic mass is 10.0. The molecule has 0 bridgehead atoms. The van der Waals surface area contributed by atoms with Gasteiger partial charge in [-0.05, 0) is 31.3 Å². The van der Waals surface area contributed by atoms with E-state index in [1.807, 2.05) is 0 Å². The van der Waals surface area contributed by atoms with E-state index in [0.29, 0.717) is 0 Å². The predicted molar refractivity (Wildman–Crippen MR) is 50.6 cm³/mol. The van der Waals surface area contributed by atoms with Crippen LogP contribution in [0, 0.1) is 18.3 Å². The van der Waals surface area contributed by atoms with Crippen LogP contribution in [0.25, 0.3) is 0 Å². The Morgan fingerprint density at radius 3 is 3.15 bits per heavy atom. The molecular formula is C11H13O2. The van der Waals surface area contributed by atoms with Gasteiger partial charge in [-0.1, -0.05) is 17.9 Å². The molecule has 0 fully saturated rings. The summed E-state index contributed by atoms with van der Waals surface area (Å²) in [4.78, 5) is 10.7. The number of rotatable bonds is 1. The van der Waals surface area contributed by atoms with E-state index < -0.39 is 0 Å². The summed E-state index contributed by atoms with van der Waals surface area (Å²) in [5, 5.41) is 0. The van der Waals surface area contributed by atoms with E-state index in [-0.39, 0.29) is 12.4 Å². The minimum Gasteiger partial charge on any atom is -0.468 e. The molecule has 13 heavy (non-hydrogen) atoms. The van der Waals surface area contributed by atoms with Crippen LogP contribution < -0.4 is 0 Å². The maximum atomic E-state index is 10.7. The molecule has 1 radical (unpaired) electrons. The Labute approximate surface area is 79.0 Å². The van der Waals surface area contributed by atoms with Crippen molar-refractivity contribution in [2.45, 2.75) is 25.7 Å². The van der Waals surface area contributed by atoms with Crippen molar-refractivity contribution in [3.63, 3.8) is 0 Å². The summed E-state index contributed by atoms with van der Waals surface area (Å²) in [5.41, 5.74) is 1.14. The second-order valence-corrected chi connectivity index (χ2v) is 2.85. The summed E-state index contributed by atoms with van der Waals surface area (Å²) < 4.78 is 4.47. The molecule has 0 saturated heterocycles. The molecule has 0 aromatic heterocycles. The summed E-state index contributed by atoms with van der Waals surface area (Å²) >= 11 is 0. The second kappa shape index (κ2) is 5.42. The quantitative estimate of drug-likeness (QED) is 0.451. The zero-order valence-electron chi connectivity index (χ0n) is 7.80. The van der Waals surface area contributed by atoms with Crippen LogP contribution in [0.3, 0.4) is 0 Å². The van der Waals surface area contributed by atoms with Gasteiger partial charge in [0.25, 0.3) is 0 Å². The maximum Gasteiger partial charge on any atom is 0.317 e. The van der Waals surface area contributed by atoms with Crippen LogP contribution in [-0.2, 0) is 9.53 Å². The topological polar surface area (TPSA) is 26.3 Å². The first-order valence-electron chi connectivity index (χ1n) is 4.39. The molecule has 2 nitrogen and oxygen atoms in total. The van der Waals surface area contributed by atoms with Crippen LogP contribution in [-0.4, -0.2) is 13.1 Å². The van der Waals surface area contributed by atoms with Crippen LogP contribution in [0.5, 0.6) is 0 Å². The molecule has 0 amide bonds. The van der Waals surface area contributed by atoms with Crippen molar-refractivity contribution in [1.82, 2.24) is 0 Å². The molecule has 0 aliphatic heterocycles. The largest absolute Gasteiger partial charge is 0.468 e. The van der Waals surface area contributed by atoms with Crippen molar-refractivity contribution >= 4 is 5.97 Å². The van der Waals surface area contributed by atoms with Crippen molar-refractivity contribution in [3.8, 4) is 11.8 Å². The van der Waals surface area contributed by atoms with Gasteiger partial charge in [0.1, 0.15) is 6.42 Å². The number of hydrogen-bond acceptors (Lipinski definition) is 2. The number of carbonyl (C=O) groups is 1. The number of carbonyl (C=O) groups excluding carboxylic acids is 1. The van der Waals surface area contributed by atoms with Crippen LogP contribution in [0.15, 0.2) is 11.6 Å². The SMILES string of the molecule is COC(=O)CC#CC1=CC[CH]CC1. The number of hydrogen-bond donors (Lipinski definition) is 0. The van der Waals surface area contributed by atoms with E-state index in [1.54, 1.807) is 0 Å². The molecule has 1 rings (SSSR count). The number of methoxy groups -OCH3 is 1. The molecular weight excluding hydrogens is 164 g/mol. The van der Waals surface area contributed by atoms with E-state index in [0.717, 1.165) is 24.8 Å². The van der Waals surface area contributed by atoms with Crippen LogP contribution in [0.1, 0.15) is 25.7 Å². The van der Waals surface area contributed by atoms with Gasteiger partial charge in [0, 0.05) is 0 Å². The lowest BCUT2D eigenvalue weighted by Crippen LogP contribution is -1.97. The summed E-state index contributed by atoms with van der Waals surface area (Å²) in [6.45, 7) is 0. The molecule has 0 heterocycles. The highest BCUT2D eigenvalue weighted by atomic mass is 16.5. The molecule has 0 aromatic carbocycles. The minimum absolute atomic E-state index is 0.192. The molecule has 1 aliphatic carbocycles. The van der Waals surface area contributed by atoms with Gasteiger partial charge in [-0.3, -0.25) is 4.79 Å². The fourth-order valence-electron chi connectivity index (χ4n) is 1.12. The Morgan fingerprint density at radius 2 is 2.54 bits per heavy atom. The Balaban J connectivity index is 2.37. The summed E-state index contributed by atoms with van der Waals surface area (Å²) in [6, 6.07) is 0. The molecule has 0 atom stereocenters. The maximum absolute atomic E-state index is 10.7. The average Bonchev–Trinajstić information content (AvgIpc) is 2.19. The fraction of sp³-hybridized carbons (Fsp3) is 0.455. The van der Waals surface area contributed by atoms with E-state index >= 15 is 0 Å². The van der Waals surface area contributed by atoms with Gasteiger partial charge in [0.05, 0.1) is 7.11 Å². The highest BCUT2D eigenvalue weighted by Crippen LogP contribution is 2.15. The van der Waals surface area contributed by atoms with Gasteiger partial charge >= 0.3 is 5.97 Å². The fourth-order valence-corrected chi connectivity index (χ4v) is 1.12. The van der Waals surface area contributed by atoms with Crippen LogP contribution >= 0.6 is 0 Å². The third-order valence-corrected chi connectivity index (χ3v) is 1.86. The highest BCUT2D eigenvalue weighted by molar-refractivity contribution is 5.72. The van der Waals surface area contributed by atoms with Gasteiger partial charge in [-0.25, -0.2) is 0 Å². The predicted octanol–water partition coefficient (Wildman–Crippen LogP) is 1.87. The lowest BCUT2D eigenvalue weighted by molar-refractivity contribution is -0.139. The first-order valence-corrected chi connectivity index (χ1v) is 4.39. The summed E-state index contributed by atoms with van der Waals surface area (Å²) in [6.07, 6.45) is 7.63. The smallest absolute Gasteiger partial charge is 0.317 e. The molecule has 2 heteroatoms. The molecule has 0 spiro atoms. The van der Waals surface area contributed by atoms with Crippen molar-refractivity contribution in [2.75, 3.05) is 7.11 Å². The standard InChI is InChI=1S/C11H13O2/c1-13-11(12)9-5-8-10-6-3-2-4-7-10/h2,6H,3-4,7,9H2,1H3. The van der Waals surface area contributed by atoms with Crippen LogP contribution in [0.2, 0.25) is 0 Å². The van der Waals surface area contributed by atoms with Gasteiger partial charge < -0.3 is 4.74 Å². The molecule has 0 unspecified atom stereocenters. The van der Waals surface area contributed by atoms with Crippen LogP contribution in [0.4, 0.5) is 0 Å².